The average Bonchev–Trinajstić information content (AvgIpc) is 2.87. The van der Waals surface area contributed by atoms with Gasteiger partial charge in [0.1, 0.15) is 5.82 Å². The van der Waals surface area contributed by atoms with Crippen molar-refractivity contribution >= 4 is 34.1 Å². The second-order valence-electron chi connectivity index (χ2n) is 7.68. The van der Waals surface area contributed by atoms with Crippen molar-refractivity contribution in [3.63, 3.8) is 0 Å². The molecule has 0 saturated heterocycles. The van der Waals surface area contributed by atoms with E-state index in [1.54, 1.807) is 12.1 Å². The fraction of sp³-hybridized carbons (Fsp3) is 0. The second-order valence-corrected chi connectivity index (χ2v) is 7.68. The van der Waals surface area contributed by atoms with E-state index in [4.69, 9.17) is 0 Å². The zero-order valence-electron chi connectivity index (χ0n) is 18.1. The standard InChI is InChI=1S/C30H23FN2/c31-24-21-29(32(25-13-5-1-6-14-25)26-15-7-2-8-16-26)23-30(22-24)33(27-17-9-3-10-18-27)28-19-11-4-12-20-28/h1-23H. The van der Waals surface area contributed by atoms with E-state index < -0.39 is 0 Å². The molecule has 0 fully saturated rings. The molecule has 0 unspecified atom stereocenters. The molecule has 2 nitrogen and oxygen atoms in total. The lowest BCUT2D eigenvalue weighted by Gasteiger charge is -2.29. The van der Waals surface area contributed by atoms with Gasteiger partial charge in [-0.25, -0.2) is 4.39 Å². The van der Waals surface area contributed by atoms with E-state index in [1.165, 1.54) is 0 Å². The zero-order chi connectivity index (χ0) is 22.5. The molecule has 0 aromatic heterocycles. The lowest BCUT2D eigenvalue weighted by atomic mass is 10.1. The maximum atomic E-state index is 15.2. The summed E-state index contributed by atoms with van der Waals surface area (Å²) in [5.74, 6) is -0.295. The maximum absolute atomic E-state index is 15.2. The van der Waals surface area contributed by atoms with Crippen LogP contribution in [-0.4, -0.2) is 0 Å². The van der Waals surface area contributed by atoms with Gasteiger partial charge in [-0.1, -0.05) is 72.8 Å². The zero-order valence-corrected chi connectivity index (χ0v) is 18.1. The highest BCUT2D eigenvalue weighted by atomic mass is 19.1. The Labute approximate surface area is 193 Å². The first-order valence-electron chi connectivity index (χ1n) is 10.9. The largest absolute Gasteiger partial charge is 0.310 e. The van der Waals surface area contributed by atoms with Crippen LogP contribution in [0.2, 0.25) is 0 Å². The monoisotopic (exact) mass is 430 g/mol. The molecule has 0 radical (unpaired) electrons. The minimum Gasteiger partial charge on any atom is -0.310 e. The molecule has 0 spiro atoms. The molecule has 0 heterocycles. The van der Waals surface area contributed by atoms with Crippen molar-refractivity contribution in [2.75, 3.05) is 9.80 Å². The van der Waals surface area contributed by atoms with E-state index in [1.807, 2.05) is 127 Å². The molecule has 0 N–H and O–H groups in total. The predicted molar refractivity (Wildman–Crippen MR) is 136 cm³/mol. The average molecular weight is 431 g/mol. The highest BCUT2D eigenvalue weighted by Crippen LogP contribution is 2.40. The molecule has 0 bridgehead atoms. The van der Waals surface area contributed by atoms with Gasteiger partial charge in [-0.3, -0.25) is 0 Å². The normalized spacial score (nSPS) is 10.6. The molecule has 5 aromatic rings. The summed E-state index contributed by atoms with van der Waals surface area (Å²) < 4.78 is 15.2. The molecule has 0 atom stereocenters. The number of hydrogen-bond donors (Lipinski definition) is 0. The number of rotatable bonds is 6. The number of hydrogen-bond acceptors (Lipinski definition) is 2. The Morgan fingerprint density at radius 1 is 0.333 bits per heavy atom. The Morgan fingerprint density at radius 2 is 0.606 bits per heavy atom. The third-order valence-corrected chi connectivity index (χ3v) is 5.44. The third kappa shape index (κ3) is 4.48. The number of halogens is 1. The third-order valence-electron chi connectivity index (χ3n) is 5.44. The maximum Gasteiger partial charge on any atom is 0.127 e. The van der Waals surface area contributed by atoms with Crippen LogP contribution in [0.15, 0.2) is 140 Å². The van der Waals surface area contributed by atoms with Crippen molar-refractivity contribution in [1.29, 1.82) is 0 Å². The van der Waals surface area contributed by atoms with Gasteiger partial charge in [-0.2, -0.15) is 0 Å². The van der Waals surface area contributed by atoms with Crippen LogP contribution in [0.5, 0.6) is 0 Å². The van der Waals surface area contributed by atoms with E-state index >= 15 is 4.39 Å². The molecule has 0 saturated carbocycles. The van der Waals surface area contributed by atoms with Crippen molar-refractivity contribution in [3.05, 3.63) is 145 Å². The topological polar surface area (TPSA) is 6.48 Å². The summed E-state index contributed by atoms with van der Waals surface area (Å²) in [5.41, 5.74) is 5.36. The van der Waals surface area contributed by atoms with Crippen LogP contribution in [0.3, 0.4) is 0 Å². The Bertz CT molecular complexity index is 1130. The Balaban J connectivity index is 1.69. The molecule has 5 aromatic carbocycles. The highest BCUT2D eigenvalue weighted by molar-refractivity contribution is 5.82. The van der Waals surface area contributed by atoms with Gasteiger partial charge in [0.15, 0.2) is 0 Å². The first-order chi connectivity index (χ1) is 16.3. The van der Waals surface area contributed by atoms with E-state index in [0.29, 0.717) is 0 Å². The molecule has 0 aliphatic heterocycles. The van der Waals surface area contributed by atoms with Crippen LogP contribution in [0.4, 0.5) is 38.5 Å². The van der Waals surface area contributed by atoms with Gasteiger partial charge in [0.05, 0.1) is 11.4 Å². The summed E-state index contributed by atoms with van der Waals surface area (Å²) in [6.07, 6.45) is 0. The van der Waals surface area contributed by atoms with E-state index in [0.717, 1.165) is 34.1 Å². The summed E-state index contributed by atoms with van der Waals surface area (Å²) >= 11 is 0. The van der Waals surface area contributed by atoms with Crippen LogP contribution < -0.4 is 9.80 Å². The fourth-order valence-electron chi connectivity index (χ4n) is 4.02. The molecule has 0 aliphatic rings. The van der Waals surface area contributed by atoms with Crippen LogP contribution in [0.1, 0.15) is 0 Å². The SMILES string of the molecule is Fc1cc(N(c2ccccc2)c2ccccc2)cc(N(c2ccccc2)c2ccccc2)c1. The number of benzene rings is 5. The van der Waals surface area contributed by atoms with Gasteiger partial charge >= 0.3 is 0 Å². The summed E-state index contributed by atoms with van der Waals surface area (Å²) in [4.78, 5) is 4.14. The van der Waals surface area contributed by atoms with E-state index in [2.05, 4.69) is 9.80 Å². The molecule has 5 rings (SSSR count). The Kier molecular flexibility index (Phi) is 5.85. The smallest absolute Gasteiger partial charge is 0.127 e. The van der Waals surface area contributed by atoms with Crippen LogP contribution in [-0.2, 0) is 0 Å². The number of para-hydroxylation sites is 4. The Morgan fingerprint density at radius 3 is 0.879 bits per heavy atom. The van der Waals surface area contributed by atoms with Gasteiger partial charge < -0.3 is 9.80 Å². The molecule has 0 amide bonds. The molecule has 0 aliphatic carbocycles. The first kappa shape index (κ1) is 20.5. The van der Waals surface area contributed by atoms with Crippen LogP contribution >= 0.6 is 0 Å². The highest BCUT2D eigenvalue weighted by Gasteiger charge is 2.18. The first-order valence-corrected chi connectivity index (χ1v) is 10.9. The summed E-state index contributed by atoms with van der Waals surface area (Å²) in [5, 5.41) is 0. The number of anilines is 6. The quantitative estimate of drug-likeness (QED) is 0.266. The van der Waals surface area contributed by atoms with Crippen LogP contribution in [0, 0.1) is 5.82 Å². The summed E-state index contributed by atoms with van der Waals surface area (Å²) in [6, 6.07) is 45.3. The lowest BCUT2D eigenvalue weighted by Crippen LogP contribution is -2.13. The Hall–Kier alpha value is -4.37. The predicted octanol–water partition coefficient (Wildman–Crippen LogP) is 8.77. The fourth-order valence-corrected chi connectivity index (χ4v) is 4.02. The summed E-state index contributed by atoms with van der Waals surface area (Å²) in [6.45, 7) is 0. The number of nitrogens with zero attached hydrogens (tertiary/aromatic N) is 2. The van der Waals surface area contributed by atoms with Crippen molar-refractivity contribution in [1.82, 2.24) is 0 Å². The minimum absolute atomic E-state index is 0.295. The van der Waals surface area contributed by atoms with Crippen molar-refractivity contribution < 1.29 is 4.39 Å². The van der Waals surface area contributed by atoms with Gasteiger partial charge in [-0.15, -0.1) is 0 Å². The van der Waals surface area contributed by atoms with Gasteiger partial charge in [-0.05, 0) is 66.7 Å². The molecule has 33 heavy (non-hydrogen) atoms. The van der Waals surface area contributed by atoms with Gasteiger partial charge in [0, 0.05) is 22.7 Å². The van der Waals surface area contributed by atoms with Crippen LogP contribution in [0.25, 0.3) is 0 Å². The van der Waals surface area contributed by atoms with Crippen molar-refractivity contribution in [3.8, 4) is 0 Å². The molecule has 3 heteroatoms. The van der Waals surface area contributed by atoms with Crippen molar-refractivity contribution in [2.45, 2.75) is 0 Å². The van der Waals surface area contributed by atoms with Gasteiger partial charge in [0.25, 0.3) is 0 Å². The molecular formula is C30H23FN2. The van der Waals surface area contributed by atoms with E-state index in [9.17, 15) is 0 Å². The second kappa shape index (κ2) is 9.41. The van der Waals surface area contributed by atoms with Crippen molar-refractivity contribution in [2.24, 2.45) is 0 Å². The minimum atomic E-state index is -0.295. The lowest BCUT2D eigenvalue weighted by molar-refractivity contribution is 0.628. The molecule has 160 valence electrons. The summed E-state index contributed by atoms with van der Waals surface area (Å²) in [7, 11) is 0. The van der Waals surface area contributed by atoms with Gasteiger partial charge in [0.2, 0.25) is 0 Å². The van der Waals surface area contributed by atoms with E-state index in [-0.39, 0.29) is 5.82 Å². The molecular weight excluding hydrogens is 407 g/mol.